The lowest BCUT2D eigenvalue weighted by atomic mass is 10.1. The smallest absolute Gasteiger partial charge is 0.263 e. The predicted molar refractivity (Wildman–Crippen MR) is 100.0 cm³/mol. The van der Waals surface area contributed by atoms with Crippen molar-refractivity contribution in [3.05, 3.63) is 50.6 Å². The van der Waals surface area contributed by atoms with E-state index in [1.54, 1.807) is 18.3 Å². The van der Waals surface area contributed by atoms with Crippen LogP contribution in [0.15, 0.2) is 29.1 Å². The van der Waals surface area contributed by atoms with Crippen LogP contribution in [0.2, 0.25) is 0 Å². The molecule has 128 valence electrons. The number of benzene rings is 1. The second-order valence-electron chi connectivity index (χ2n) is 6.60. The van der Waals surface area contributed by atoms with Gasteiger partial charge < -0.3 is 5.73 Å². The average Bonchev–Trinajstić information content (AvgIpc) is 3.14. The van der Waals surface area contributed by atoms with Crippen LogP contribution in [0.25, 0.3) is 21.6 Å². The van der Waals surface area contributed by atoms with E-state index in [1.807, 2.05) is 31.2 Å². The molecule has 1 aliphatic carbocycles. The number of rotatable bonds is 3. The summed E-state index contributed by atoms with van der Waals surface area (Å²) >= 11 is 1.60. The normalized spacial score (nSPS) is 14.6. The Hall–Kier alpha value is -2.47. The summed E-state index contributed by atoms with van der Waals surface area (Å²) < 4.78 is 1.46. The van der Waals surface area contributed by atoms with Crippen molar-refractivity contribution in [2.24, 2.45) is 5.73 Å². The molecule has 0 radical (unpaired) electrons. The summed E-state index contributed by atoms with van der Waals surface area (Å²) in [4.78, 5) is 31.9. The summed E-state index contributed by atoms with van der Waals surface area (Å²) in [7, 11) is 0. The first-order valence-electron chi connectivity index (χ1n) is 8.40. The van der Waals surface area contributed by atoms with Crippen LogP contribution in [0.4, 0.5) is 0 Å². The molecular formula is C19H19N3O2S. The molecular weight excluding hydrogens is 334 g/mol. The fourth-order valence-corrected chi connectivity index (χ4v) is 4.78. The fraction of sp³-hybridized carbons (Fsp3) is 0.316. The Labute approximate surface area is 149 Å². The van der Waals surface area contributed by atoms with Crippen molar-refractivity contribution in [3.63, 3.8) is 0 Å². The summed E-state index contributed by atoms with van der Waals surface area (Å²) in [6.45, 7) is 3.64. The van der Waals surface area contributed by atoms with Gasteiger partial charge in [0, 0.05) is 10.4 Å². The topological polar surface area (TPSA) is 78.0 Å². The van der Waals surface area contributed by atoms with Crippen molar-refractivity contribution in [2.75, 3.05) is 0 Å². The van der Waals surface area contributed by atoms with Crippen molar-refractivity contribution in [3.8, 4) is 11.4 Å². The molecule has 1 amide bonds. The Morgan fingerprint density at radius 3 is 2.88 bits per heavy atom. The SMILES string of the molecule is Cc1cccc(-c2nc3sc4c(c3c(=O)n2C(C)C(N)=O)CCC4)c1. The average molecular weight is 353 g/mol. The van der Waals surface area contributed by atoms with Gasteiger partial charge in [-0.05, 0) is 44.7 Å². The quantitative estimate of drug-likeness (QED) is 0.786. The maximum absolute atomic E-state index is 13.3. The van der Waals surface area contributed by atoms with Crippen molar-refractivity contribution in [1.29, 1.82) is 0 Å². The van der Waals surface area contributed by atoms with E-state index in [1.165, 1.54) is 9.44 Å². The van der Waals surface area contributed by atoms with Crippen LogP contribution in [0.3, 0.4) is 0 Å². The van der Waals surface area contributed by atoms with E-state index in [0.29, 0.717) is 11.2 Å². The van der Waals surface area contributed by atoms with Gasteiger partial charge in [0.05, 0.1) is 5.39 Å². The Morgan fingerprint density at radius 1 is 1.36 bits per heavy atom. The number of aryl methyl sites for hydroxylation is 3. The van der Waals surface area contributed by atoms with Gasteiger partial charge in [-0.1, -0.05) is 23.8 Å². The predicted octanol–water partition coefficient (Wildman–Crippen LogP) is 2.97. The molecule has 25 heavy (non-hydrogen) atoms. The minimum absolute atomic E-state index is 0.160. The summed E-state index contributed by atoms with van der Waals surface area (Å²) in [5.74, 6) is -0.0311. The number of carbonyl (C=O) groups is 1. The lowest BCUT2D eigenvalue weighted by molar-refractivity contribution is -0.120. The number of carbonyl (C=O) groups excluding carboxylic acids is 1. The third-order valence-corrected chi connectivity index (χ3v) is 6.03. The maximum atomic E-state index is 13.3. The number of fused-ring (bicyclic) bond motifs is 3. The Morgan fingerprint density at radius 2 is 2.16 bits per heavy atom. The molecule has 2 aromatic heterocycles. The van der Waals surface area contributed by atoms with E-state index >= 15 is 0 Å². The first-order chi connectivity index (χ1) is 12.0. The molecule has 0 saturated carbocycles. The number of primary amides is 1. The zero-order valence-corrected chi connectivity index (χ0v) is 15.0. The van der Waals surface area contributed by atoms with E-state index in [-0.39, 0.29) is 5.56 Å². The summed E-state index contributed by atoms with van der Waals surface area (Å²) in [6, 6.07) is 7.04. The van der Waals surface area contributed by atoms with Gasteiger partial charge in [0.15, 0.2) is 0 Å². The minimum atomic E-state index is -0.753. The van der Waals surface area contributed by atoms with Gasteiger partial charge >= 0.3 is 0 Å². The monoisotopic (exact) mass is 353 g/mol. The third kappa shape index (κ3) is 2.48. The molecule has 2 heterocycles. The highest BCUT2D eigenvalue weighted by molar-refractivity contribution is 7.18. The van der Waals surface area contributed by atoms with E-state index in [2.05, 4.69) is 0 Å². The first-order valence-corrected chi connectivity index (χ1v) is 9.22. The fourth-order valence-electron chi connectivity index (χ4n) is 3.53. The molecule has 6 heteroatoms. The molecule has 0 fully saturated rings. The number of hydrogen-bond donors (Lipinski definition) is 1. The molecule has 4 rings (SSSR count). The number of aromatic nitrogens is 2. The van der Waals surface area contributed by atoms with Gasteiger partial charge in [0.2, 0.25) is 5.91 Å². The molecule has 3 aromatic rings. The van der Waals surface area contributed by atoms with Crippen LogP contribution in [-0.4, -0.2) is 15.5 Å². The first kappa shape index (κ1) is 16.0. The van der Waals surface area contributed by atoms with Crippen LogP contribution in [0.1, 0.15) is 35.4 Å². The molecule has 1 atom stereocenters. The zero-order chi connectivity index (χ0) is 17.7. The van der Waals surface area contributed by atoms with Crippen molar-refractivity contribution in [2.45, 2.75) is 39.2 Å². The van der Waals surface area contributed by atoms with Gasteiger partial charge in [-0.15, -0.1) is 11.3 Å². The summed E-state index contributed by atoms with van der Waals surface area (Å²) in [5.41, 5.74) is 8.36. The van der Waals surface area contributed by atoms with E-state index in [4.69, 9.17) is 10.7 Å². The zero-order valence-electron chi connectivity index (χ0n) is 14.2. The van der Waals surface area contributed by atoms with Gasteiger partial charge in [-0.2, -0.15) is 0 Å². The number of nitrogens with two attached hydrogens (primary N) is 1. The van der Waals surface area contributed by atoms with E-state index < -0.39 is 11.9 Å². The van der Waals surface area contributed by atoms with E-state index in [9.17, 15) is 9.59 Å². The molecule has 1 aliphatic rings. The lowest BCUT2D eigenvalue weighted by Crippen LogP contribution is -2.34. The Bertz CT molecular complexity index is 1060. The highest BCUT2D eigenvalue weighted by atomic mass is 32.1. The molecule has 0 aliphatic heterocycles. The lowest BCUT2D eigenvalue weighted by Gasteiger charge is -2.17. The molecule has 1 aromatic carbocycles. The number of amides is 1. The molecule has 1 unspecified atom stereocenters. The maximum Gasteiger partial charge on any atom is 0.263 e. The summed E-state index contributed by atoms with van der Waals surface area (Å²) in [6.07, 6.45) is 2.98. The van der Waals surface area contributed by atoms with Gasteiger partial charge in [0.1, 0.15) is 16.7 Å². The van der Waals surface area contributed by atoms with Crippen LogP contribution < -0.4 is 11.3 Å². The largest absolute Gasteiger partial charge is 0.368 e. The van der Waals surface area contributed by atoms with Crippen LogP contribution in [0.5, 0.6) is 0 Å². The number of hydrogen-bond acceptors (Lipinski definition) is 4. The highest BCUT2D eigenvalue weighted by Crippen LogP contribution is 2.36. The minimum Gasteiger partial charge on any atom is -0.368 e. The Balaban J connectivity index is 2.09. The third-order valence-electron chi connectivity index (χ3n) is 4.85. The van der Waals surface area contributed by atoms with Crippen LogP contribution >= 0.6 is 11.3 Å². The van der Waals surface area contributed by atoms with Gasteiger partial charge in [-0.25, -0.2) is 4.98 Å². The Kier molecular flexibility index (Phi) is 3.72. The van der Waals surface area contributed by atoms with Gasteiger partial charge in [0.25, 0.3) is 5.56 Å². The molecule has 0 saturated heterocycles. The van der Waals surface area contributed by atoms with Crippen molar-refractivity contribution in [1.82, 2.24) is 9.55 Å². The summed E-state index contributed by atoms with van der Waals surface area (Å²) in [5, 5.41) is 0.669. The number of nitrogens with zero attached hydrogens (tertiary/aromatic N) is 2. The highest BCUT2D eigenvalue weighted by Gasteiger charge is 2.26. The van der Waals surface area contributed by atoms with Crippen molar-refractivity contribution >= 4 is 27.5 Å². The standard InChI is InChI=1S/C19H19N3O2S/c1-10-5-3-6-12(9-10)17-21-18-15(13-7-4-8-14(13)25-18)19(24)22(17)11(2)16(20)23/h3,5-6,9,11H,4,7-8H2,1-2H3,(H2,20,23). The van der Waals surface area contributed by atoms with Gasteiger partial charge in [-0.3, -0.25) is 14.2 Å². The molecule has 0 bridgehead atoms. The van der Waals surface area contributed by atoms with Crippen molar-refractivity contribution < 1.29 is 4.79 Å². The van der Waals surface area contributed by atoms with Crippen LogP contribution in [0, 0.1) is 6.92 Å². The molecule has 5 nitrogen and oxygen atoms in total. The van der Waals surface area contributed by atoms with Crippen LogP contribution in [-0.2, 0) is 17.6 Å². The molecule has 2 N–H and O–H groups in total. The van der Waals surface area contributed by atoms with E-state index in [0.717, 1.165) is 40.8 Å². The second kappa shape index (κ2) is 5.81. The number of thiophene rings is 1. The molecule has 0 spiro atoms. The second-order valence-corrected chi connectivity index (χ2v) is 7.68.